The van der Waals surface area contributed by atoms with Crippen LogP contribution in [-0.4, -0.2) is 42.8 Å². The number of hydrogen-bond acceptors (Lipinski definition) is 6. The molecule has 8 nitrogen and oxygen atoms in total. The highest BCUT2D eigenvalue weighted by Gasteiger charge is 2.42. The van der Waals surface area contributed by atoms with Gasteiger partial charge in [0, 0.05) is 29.7 Å². The second-order valence-corrected chi connectivity index (χ2v) is 8.19. The van der Waals surface area contributed by atoms with E-state index in [0.29, 0.717) is 23.5 Å². The number of aliphatic hydroxyl groups excluding tert-OH is 1. The number of rotatable bonds is 6. The van der Waals surface area contributed by atoms with Gasteiger partial charge in [-0.15, -0.1) is 5.10 Å². The number of nitrogens with zero attached hydrogens (tertiary/aromatic N) is 5. The van der Waals surface area contributed by atoms with Crippen LogP contribution in [-0.2, 0) is 10.2 Å². The van der Waals surface area contributed by atoms with Crippen molar-refractivity contribution < 1.29 is 9.90 Å². The number of carbonyl (C=O) groups is 1. The standard InChI is InChI=1S/C21H28N6O2/c1-12(2)20-24-25-26-27(20)17-7-16(19(22)29)8-21(9-17,15(5)11-28)18-14(4)6-13(3)10-23-18/h6-7,9-10,12,15,28H,8,11H2,1-5H3,(H2,22,29)/t15-,21?/m1/s1. The van der Waals surface area contributed by atoms with Crippen LogP contribution in [0.5, 0.6) is 0 Å². The molecular formula is C21H28N6O2. The van der Waals surface area contributed by atoms with E-state index in [4.69, 9.17) is 10.7 Å². The number of primary amides is 1. The average molecular weight is 396 g/mol. The van der Waals surface area contributed by atoms with Gasteiger partial charge in [-0.1, -0.05) is 26.8 Å². The Morgan fingerprint density at radius 3 is 2.66 bits per heavy atom. The molecule has 3 N–H and O–H groups in total. The number of hydrogen-bond donors (Lipinski definition) is 2. The van der Waals surface area contributed by atoms with Gasteiger partial charge in [0.2, 0.25) is 5.91 Å². The lowest BCUT2D eigenvalue weighted by Crippen LogP contribution is -2.40. The minimum Gasteiger partial charge on any atom is -0.396 e. The zero-order valence-corrected chi connectivity index (χ0v) is 17.5. The van der Waals surface area contributed by atoms with Gasteiger partial charge in [-0.05, 0) is 59.9 Å². The zero-order valence-electron chi connectivity index (χ0n) is 17.5. The summed E-state index contributed by atoms with van der Waals surface area (Å²) in [6.07, 6.45) is 5.91. The first-order chi connectivity index (χ1) is 13.7. The van der Waals surface area contributed by atoms with Crippen molar-refractivity contribution in [2.45, 2.75) is 52.4 Å². The summed E-state index contributed by atoms with van der Waals surface area (Å²) in [6, 6.07) is 2.06. The molecule has 154 valence electrons. The summed E-state index contributed by atoms with van der Waals surface area (Å²) in [7, 11) is 0. The van der Waals surface area contributed by atoms with Crippen molar-refractivity contribution in [1.29, 1.82) is 0 Å². The fraction of sp³-hybridized carbons (Fsp3) is 0.476. The van der Waals surface area contributed by atoms with Gasteiger partial charge in [-0.25, -0.2) is 0 Å². The third-order valence-electron chi connectivity index (χ3n) is 5.59. The molecule has 0 aromatic carbocycles. The van der Waals surface area contributed by atoms with Crippen LogP contribution in [0.1, 0.15) is 55.8 Å². The second kappa shape index (κ2) is 7.87. The van der Waals surface area contributed by atoms with E-state index >= 15 is 0 Å². The third kappa shape index (κ3) is 3.72. The van der Waals surface area contributed by atoms with Crippen molar-refractivity contribution >= 4 is 11.6 Å². The van der Waals surface area contributed by atoms with Crippen LogP contribution in [0.3, 0.4) is 0 Å². The Kier molecular flexibility index (Phi) is 5.66. The molecule has 1 unspecified atom stereocenters. The van der Waals surface area contributed by atoms with E-state index in [0.717, 1.165) is 16.8 Å². The molecule has 0 saturated heterocycles. The largest absolute Gasteiger partial charge is 0.396 e. The minimum atomic E-state index is -0.721. The van der Waals surface area contributed by atoms with Gasteiger partial charge in [-0.3, -0.25) is 9.78 Å². The Bertz CT molecular complexity index is 991. The van der Waals surface area contributed by atoms with E-state index in [1.807, 2.05) is 40.7 Å². The van der Waals surface area contributed by atoms with Gasteiger partial charge in [0.25, 0.3) is 0 Å². The normalized spacial score (nSPS) is 20.4. The number of aliphatic hydroxyl groups is 1. The summed E-state index contributed by atoms with van der Waals surface area (Å²) in [5, 5.41) is 22.2. The Morgan fingerprint density at radius 1 is 1.34 bits per heavy atom. The number of nitrogens with two attached hydrogens (primary N) is 1. The van der Waals surface area contributed by atoms with Crippen molar-refractivity contribution in [3.8, 4) is 0 Å². The average Bonchev–Trinajstić information content (AvgIpc) is 3.17. The van der Waals surface area contributed by atoms with E-state index in [2.05, 4.69) is 21.6 Å². The van der Waals surface area contributed by atoms with Crippen LogP contribution in [0, 0.1) is 19.8 Å². The number of amides is 1. The van der Waals surface area contributed by atoms with Crippen LogP contribution in [0.2, 0.25) is 0 Å². The second-order valence-electron chi connectivity index (χ2n) is 8.19. The highest BCUT2D eigenvalue weighted by atomic mass is 16.3. The summed E-state index contributed by atoms with van der Waals surface area (Å²) >= 11 is 0. The van der Waals surface area contributed by atoms with Gasteiger partial charge in [-0.2, -0.15) is 4.68 Å². The van der Waals surface area contributed by atoms with Crippen LogP contribution < -0.4 is 5.73 Å². The number of aryl methyl sites for hydroxylation is 2. The van der Waals surface area contributed by atoms with E-state index in [1.165, 1.54) is 0 Å². The lowest BCUT2D eigenvalue weighted by atomic mass is 9.66. The fourth-order valence-corrected chi connectivity index (χ4v) is 3.99. The minimum absolute atomic E-state index is 0.0720. The van der Waals surface area contributed by atoms with Gasteiger partial charge in [0.05, 0.1) is 11.4 Å². The molecule has 1 aliphatic rings. The number of carbonyl (C=O) groups excluding carboxylic acids is 1. The van der Waals surface area contributed by atoms with Crippen molar-refractivity contribution in [3.05, 3.63) is 52.6 Å². The molecule has 0 fully saturated rings. The fourth-order valence-electron chi connectivity index (χ4n) is 3.99. The molecule has 0 bridgehead atoms. The van der Waals surface area contributed by atoms with Crippen LogP contribution in [0.4, 0.5) is 0 Å². The van der Waals surface area contributed by atoms with Crippen molar-refractivity contribution in [3.63, 3.8) is 0 Å². The molecule has 0 saturated carbocycles. The molecule has 2 heterocycles. The highest BCUT2D eigenvalue weighted by Crippen LogP contribution is 2.44. The molecule has 0 spiro atoms. The SMILES string of the molecule is Cc1cnc(C2([C@H](C)CO)C=C(n3nnnc3C(C)C)C=C(C(N)=O)C2)c(C)c1. The molecular weight excluding hydrogens is 368 g/mol. The summed E-state index contributed by atoms with van der Waals surface area (Å²) in [6.45, 7) is 9.85. The molecule has 2 aromatic heterocycles. The maximum absolute atomic E-state index is 12.2. The van der Waals surface area contributed by atoms with Gasteiger partial charge in [0.15, 0.2) is 5.82 Å². The van der Waals surface area contributed by atoms with Crippen LogP contribution in [0.15, 0.2) is 30.0 Å². The summed E-state index contributed by atoms with van der Waals surface area (Å²) in [4.78, 5) is 17.0. The maximum Gasteiger partial charge on any atom is 0.244 e. The predicted octanol–water partition coefficient (Wildman–Crippen LogP) is 2.03. The molecule has 1 aliphatic carbocycles. The number of allylic oxidation sites excluding steroid dienone is 3. The smallest absolute Gasteiger partial charge is 0.244 e. The topological polar surface area (TPSA) is 120 Å². The lowest BCUT2D eigenvalue weighted by Gasteiger charge is -2.39. The zero-order chi connectivity index (χ0) is 21.3. The number of aromatic nitrogens is 5. The Morgan fingerprint density at radius 2 is 2.07 bits per heavy atom. The Hall–Kier alpha value is -2.87. The monoisotopic (exact) mass is 396 g/mol. The first kappa shape index (κ1) is 20.9. The van der Waals surface area contributed by atoms with Gasteiger partial charge >= 0.3 is 0 Å². The molecule has 2 aromatic rings. The molecule has 29 heavy (non-hydrogen) atoms. The quantitative estimate of drug-likeness (QED) is 0.771. The molecule has 2 atom stereocenters. The van der Waals surface area contributed by atoms with E-state index in [-0.39, 0.29) is 18.4 Å². The maximum atomic E-state index is 12.2. The Labute approximate surface area is 170 Å². The lowest BCUT2D eigenvalue weighted by molar-refractivity contribution is -0.114. The molecule has 1 amide bonds. The highest BCUT2D eigenvalue weighted by molar-refractivity contribution is 5.95. The first-order valence-electron chi connectivity index (χ1n) is 9.76. The molecule has 0 aliphatic heterocycles. The number of pyridine rings is 1. The summed E-state index contributed by atoms with van der Waals surface area (Å²) in [5.41, 5.74) is 8.94. The molecule has 0 radical (unpaired) electrons. The number of tetrazole rings is 1. The van der Waals surface area contributed by atoms with Crippen molar-refractivity contribution in [2.24, 2.45) is 11.7 Å². The summed E-state index contributed by atoms with van der Waals surface area (Å²) in [5.74, 6) is 0.0435. The van der Waals surface area contributed by atoms with Gasteiger partial charge < -0.3 is 10.8 Å². The Balaban J connectivity index is 2.30. The van der Waals surface area contributed by atoms with E-state index in [1.54, 1.807) is 17.0 Å². The predicted molar refractivity (Wildman–Crippen MR) is 110 cm³/mol. The van der Waals surface area contributed by atoms with Crippen molar-refractivity contribution in [2.75, 3.05) is 6.61 Å². The van der Waals surface area contributed by atoms with Crippen LogP contribution >= 0.6 is 0 Å². The van der Waals surface area contributed by atoms with Gasteiger partial charge in [0.1, 0.15) is 0 Å². The van der Waals surface area contributed by atoms with Crippen LogP contribution in [0.25, 0.3) is 5.70 Å². The molecule has 8 heteroatoms. The first-order valence-corrected chi connectivity index (χ1v) is 9.76. The van der Waals surface area contributed by atoms with E-state index in [9.17, 15) is 9.90 Å². The molecule has 3 rings (SSSR count). The summed E-state index contributed by atoms with van der Waals surface area (Å²) < 4.78 is 1.63. The third-order valence-corrected chi connectivity index (χ3v) is 5.59. The van der Waals surface area contributed by atoms with Crippen molar-refractivity contribution in [1.82, 2.24) is 25.2 Å². The van der Waals surface area contributed by atoms with E-state index < -0.39 is 11.3 Å².